The van der Waals surface area contributed by atoms with Crippen molar-refractivity contribution < 1.29 is 14.3 Å². The first-order chi connectivity index (χ1) is 10.2. The molecule has 22 heavy (non-hydrogen) atoms. The predicted octanol–water partition coefficient (Wildman–Crippen LogP) is 2.85. The number of carbonyl (C=O) groups is 2. The predicted molar refractivity (Wildman–Crippen MR) is 88.8 cm³/mol. The van der Waals surface area contributed by atoms with Gasteiger partial charge in [-0.15, -0.1) is 0 Å². The summed E-state index contributed by atoms with van der Waals surface area (Å²) in [6, 6.07) is 5.25. The van der Waals surface area contributed by atoms with Gasteiger partial charge in [0.25, 0.3) is 0 Å². The van der Waals surface area contributed by atoms with Crippen molar-refractivity contribution in [2.75, 3.05) is 6.54 Å². The second-order valence-electron chi connectivity index (χ2n) is 6.07. The van der Waals surface area contributed by atoms with Crippen LogP contribution in [-0.2, 0) is 16.1 Å². The highest BCUT2D eigenvalue weighted by atomic mass is 35.5. The van der Waals surface area contributed by atoms with Crippen LogP contribution in [-0.4, -0.2) is 37.3 Å². The average molecular weight is 322 g/mol. The Morgan fingerprint density at radius 2 is 2.09 bits per heavy atom. The highest BCUT2D eigenvalue weighted by molar-refractivity contribution is 6.45. The van der Waals surface area contributed by atoms with Gasteiger partial charge in [0.05, 0.1) is 0 Å². The summed E-state index contributed by atoms with van der Waals surface area (Å²) in [5.41, 5.74) is 0.782. The number of nitrogens with zero attached hydrogens (tertiary/aromatic N) is 1. The van der Waals surface area contributed by atoms with Crippen LogP contribution in [0.15, 0.2) is 18.2 Å². The molecule has 1 amide bonds. The van der Waals surface area contributed by atoms with Gasteiger partial charge in [-0.3, -0.25) is 0 Å². The standard InChI is InChI=1S/C16H21BClNO3/c1-16(2,3)22-15(21)19(8-4-5-9-20)11-12-6-7-13(17)14(18)10-12/h6-7,9-10H,4-5,8,11H2,1-3H3. The maximum absolute atomic E-state index is 12.3. The molecule has 0 N–H and O–H groups in total. The quantitative estimate of drug-likeness (QED) is 0.460. The van der Waals surface area contributed by atoms with Gasteiger partial charge in [0, 0.05) is 24.5 Å². The summed E-state index contributed by atoms with van der Waals surface area (Å²) in [6.07, 6.45) is 1.42. The van der Waals surface area contributed by atoms with E-state index >= 15 is 0 Å². The van der Waals surface area contributed by atoms with E-state index < -0.39 is 11.7 Å². The van der Waals surface area contributed by atoms with Crippen LogP contribution in [0.25, 0.3) is 0 Å². The van der Waals surface area contributed by atoms with Crippen LogP contribution in [0.2, 0.25) is 5.02 Å². The van der Waals surface area contributed by atoms with Crippen LogP contribution in [0.3, 0.4) is 0 Å². The Morgan fingerprint density at radius 3 is 2.64 bits per heavy atom. The van der Waals surface area contributed by atoms with Crippen molar-refractivity contribution in [1.29, 1.82) is 0 Å². The zero-order valence-corrected chi connectivity index (χ0v) is 14.0. The number of unbranched alkanes of at least 4 members (excludes halogenated alkanes) is 1. The number of amides is 1. The van der Waals surface area contributed by atoms with Gasteiger partial charge in [-0.25, -0.2) is 4.79 Å². The third-order valence-corrected chi connectivity index (χ3v) is 3.17. The van der Waals surface area contributed by atoms with E-state index in [1.807, 2.05) is 26.8 Å². The van der Waals surface area contributed by atoms with Crippen LogP contribution in [0.1, 0.15) is 39.2 Å². The molecule has 0 bridgehead atoms. The molecule has 0 aromatic heterocycles. The first kappa shape index (κ1) is 18.6. The van der Waals surface area contributed by atoms with Crippen molar-refractivity contribution in [1.82, 2.24) is 4.90 Å². The molecule has 1 rings (SSSR count). The lowest BCUT2D eigenvalue weighted by Gasteiger charge is -2.27. The Hall–Kier alpha value is -1.49. The highest BCUT2D eigenvalue weighted by Crippen LogP contribution is 2.15. The molecule has 1 aromatic rings. The summed E-state index contributed by atoms with van der Waals surface area (Å²) in [5.74, 6) is 0. The Bertz CT molecular complexity index is 529. The lowest BCUT2D eigenvalue weighted by atomic mass is 9.95. The molecule has 0 spiro atoms. The lowest BCUT2D eigenvalue weighted by Crippen LogP contribution is -2.37. The van der Waals surface area contributed by atoms with Gasteiger partial charge in [-0.2, -0.15) is 0 Å². The van der Waals surface area contributed by atoms with Crippen molar-refractivity contribution in [3.8, 4) is 0 Å². The first-order valence-corrected chi connectivity index (χ1v) is 7.56. The van der Waals surface area contributed by atoms with E-state index in [0.717, 1.165) is 11.8 Å². The Kier molecular flexibility index (Phi) is 6.94. The summed E-state index contributed by atoms with van der Waals surface area (Å²) in [5, 5.41) is 0.453. The smallest absolute Gasteiger partial charge is 0.410 e. The Labute approximate surface area is 138 Å². The van der Waals surface area contributed by atoms with E-state index in [0.29, 0.717) is 36.4 Å². The van der Waals surface area contributed by atoms with Crippen LogP contribution >= 0.6 is 11.6 Å². The molecule has 0 saturated heterocycles. The molecule has 0 fully saturated rings. The van der Waals surface area contributed by atoms with E-state index in [-0.39, 0.29) is 0 Å². The maximum atomic E-state index is 12.3. The number of benzene rings is 1. The van der Waals surface area contributed by atoms with Crippen LogP contribution in [0.4, 0.5) is 4.79 Å². The molecule has 6 heteroatoms. The highest BCUT2D eigenvalue weighted by Gasteiger charge is 2.22. The van der Waals surface area contributed by atoms with Gasteiger partial charge in [-0.05, 0) is 38.8 Å². The van der Waals surface area contributed by atoms with Gasteiger partial charge in [0.1, 0.15) is 19.7 Å². The summed E-state index contributed by atoms with van der Waals surface area (Å²) in [6.45, 7) is 6.24. The SMILES string of the molecule is [B]c1ccc(CN(CCCC=O)C(=O)OC(C)(C)C)cc1Cl. The van der Waals surface area contributed by atoms with E-state index in [1.165, 1.54) is 0 Å². The van der Waals surface area contributed by atoms with Crippen molar-refractivity contribution in [3.05, 3.63) is 28.8 Å². The number of hydrogen-bond acceptors (Lipinski definition) is 3. The number of aldehydes is 1. The number of hydrogen-bond donors (Lipinski definition) is 0. The van der Waals surface area contributed by atoms with E-state index in [9.17, 15) is 9.59 Å². The van der Waals surface area contributed by atoms with Gasteiger partial charge in [0.15, 0.2) is 0 Å². The summed E-state index contributed by atoms with van der Waals surface area (Å²) in [4.78, 5) is 24.3. The molecule has 0 heterocycles. The van der Waals surface area contributed by atoms with Crippen LogP contribution in [0, 0.1) is 0 Å². The van der Waals surface area contributed by atoms with Crippen molar-refractivity contribution in [2.24, 2.45) is 0 Å². The lowest BCUT2D eigenvalue weighted by molar-refractivity contribution is -0.108. The average Bonchev–Trinajstić information content (AvgIpc) is 2.40. The summed E-state index contributed by atoms with van der Waals surface area (Å²) >= 11 is 6.00. The minimum atomic E-state index is -0.571. The molecule has 0 aliphatic carbocycles. The monoisotopic (exact) mass is 321 g/mol. The second kappa shape index (κ2) is 8.23. The third-order valence-electron chi connectivity index (χ3n) is 2.84. The first-order valence-electron chi connectivity index (χ1n) is 7.18. The largest absolute Gasteiger partial charge is 0.444 e. The molecule has 0 aliphatic heterocycles. The minimum absolute atomic E-state index is 0.355. The van der Waals surface area contributed by atoms with Gasteiger partial charge in [-0.1, -0.05) is 29.2 Å². The van der Waals surface area contributed by atoms with Crippen LogP contribution in [0.5, 0.6) is 0 Å². The number of ether oxygens (including phenoxy) is 1. The zero-order chi connectivity index (χ0) is 16.8. The summed E-state index contributed by atoms with van der Waals surface area (Å²) in [7, 11) is 5.68. The van der Waals surface area contributed by atoms with Crippen LogP contribution < -0.4 is 5.46 Å². The third kappa shape index (κ3) is 6.52. The second-order valence-corrected chi connectivity index (χ2v) is 6.47. The van der Waals surface area contributed by atoms with Gasteiger partial charge in [0.2, 0.25) is 0 Å². The molecule has 0 unspecified atom stereocenters. The molecule has 4 nitrogen and oxygen atoms in total. The molecule has 2 radical (unpaired) electrons. The molecule has 0 atom stereocenters. The molecule has 1 aromatic carbocycles. The normalized spacial score (nSPS) is 11.1. The van der Waals surface area contributed by atoms with E-state index in [4.69, 9.17) is 24.2 Å². The zero-order valence-electron chi connectivity index (χ0n) is 13.3. The topological polar surface area (TPSA) is 46.6 Å². The van der Waals surface area contributed by atoms with Gasteiger partial charge < -0.3 is 14.4 Å². The molecular formula is C16H21BClNO3. The summed E-state index contributed by atoms with van der Waals surface area (Å²) < 4.78 is 5.40. The number of rotatable bonds is 6. The molecule has 0 saturated carbocycles. The Morgan fingerprint density at radius 1 is 1.41 bits per heavy atom. The fraction of sp³-hybridized carbons (Fsp3) is 0.500. The van der Waals surface area contributed by atoms with E-state index in [1.54, 1.807) is 17.0 Å². The molecule has 0 aliphatic rings. The number of halogens is 1. The number of carbonyl (C=O) groups excluding carboxylic acids is 2. The van der Waals surface area contributed by atoms with E-state index in [2.05, 4.69) is 0 Å². The molecule has 118 valence electrons. The maximum Gasteiger partial charge on any atom is 0.410 e. The fourth-order valence-electron chi connectivity index (χ4n) is 1.82. The Balaban J connectivity index is 2.82. The van der Waals surface area contributed by atoms with Crippen molar-refractivity contribution >= 4 is 37.3 Å². The minimum Gasteiger partial charge on any atom is -0.444 e. The molecular weight excluding hydrogens is 300 g/mol. The fourth-order valence-corrected chi connectivity index (χ4v) is 2.02. The van der Waals surface area contributed by atoms with Crippen molar-refractivity contribution in [2.45, 2.75) is 45.8 Å². The van der Waals surface area contributed by atoms with Gasteiger partial charge >= 0.3 is 6.09 Å². The van der Waals surface area contributed by atoms with Crippen molar-refractivity contribution in [3.63, 3.8) is 0 Å².